The largest absolute Gasteiger partial charge is 0.419 e. The molecule has 184 valence electrons. The highest BCUT2D eigenvalue weighted by Gasteiger charge is 2.23. The third-order valence-corrected chi connectivity index (χ3v) is 8.01. The van der Waals surface area contributed by atoms with E-state index in [-0.39, 0.29) is 11.4 Å². The van der Waals surface area contributed by atoms with Gasteiger partial charge in [0, 0.05) is 10.8 Å². The van der Waals surface area contributed by atoms with Crippen LogP contribution in [0, 0.1) is 11.7 Å². The molecule has 3 heteroatoms. The summed E-state index contributed by atoms with van der Waals surface area (Å²) >= 11 is 0. The lowest BCUT2D eigenvalue weighted by atomic mass is 9.77. The molecule has 1 aliphatic rings. The van der Waals surface area contributed by atoms with Crippen molar-refractivity contribution in [3.63, 3.8) is 0 Å². The molecule has 1 fully saturated rings. The van der Waals surface area contributed by atoms with Gasteiger partial charge >= 0.3 is 5.63 Å². The Bertz CT molecular complexity index is 1140. The summed E-state index contributed by atoms with van der Waals surface area (Å²) in [4.78, 5) is 12.9. The van der Waals surface area contributed by atoms with Crippen molar-refractivity contribution in [2.24, 2.45) is 5.92 Å². The lowest BCUT2D eigenvalue weighted by Gasteiger charge is -2.29. The minimum atomic E-state index is -0.420. The van der Waals surface area contributed by atoms with Crippen LogP contribution in [0.1, 0.15) is 114 Å². The van der Waals surface area contributed by atoms with Crippen LogP contribution in [0.2, 0.25) is 0 Å². The van der Waals surface area contributed by atoms with Gasteiger partial charge in [-0.05, 0) is 67.6 Å². The summed E-state index contributed by atoms with van der Waals surface area (Å²) in [6.07, 6.45) is 16.6. The monoisotopic (exact) mass is 464 g/mol. The average Bonchev–Trinajstić information content (AvgIpc) is 2.86. The molecule has 0 spiro atoms. The Morgan fingerprint density at radius 1 is 0.824 bits per heavy atom. The molecule has 4 rings (SSSR count). The van der Waals surface area contributed by atoms with Gasteiger partial charge in [0.2, 0.25) is 0 Å². The van der Waals surface area contributed by atoms with E-state index >= 15 is 4.39 Å². The number of aryl methyl sites for hydroxylation is 1. The van der Waals surface area contributed by atoms with E-state index in [0.29, 0.717) is 28.7 Å². The standard InChI is InChI=1S/C31H41FO2/c1-3-5-7-8-9-10-12-24-17-20-27-26-19-18-25(21-28(26)31(33)34-30(27)29(24)32)23-15-13-22(14-16-23)11-6-4-2/h17-23H,3-16H2,1-2H3. The molecule has 0 bridgehead atoms. The zero-order chi connectivity index (χ0) is 23.9. The van der Waals surface area contributed by atoms with Crippen molar-refractivity contribution in [1.82, 2.24) is 0 Å². The van der Waals surface area contributed by atoms with Crippen LogP contribution in [0.3, 0.4) is 0 Å². The van der Waals surface area contributed by atoms with Gasteiger partial charge in [0.25, 0.3) is 0 Å². The molecule has 1 aliphatic carbocycles. The summed E-state index contributed by atoms with van der Waals surface area (Å²) in [6.45, 7) is 4.47. The third-order valence-electron chi connectivity index (χ3n) is 8.01. The van der Waals surface area contributed by atoms with Crippen LogP contribution in [0.15, 0.2) is 39.5 Å². The maximum absolute atomic E-state index is 15.3. The molecule has 34 heavy (non-hydrogen) atoms. The fourth-order valence-electron chi connectivity index (χ4n) is 5.84. The molecule has 0 N–H and O–H groups in total. The third kappa shape index (κ3) is 5.73. The van der Waals surface area contributed by atoms with E-state index in [1.54, 1.807) is 0 Å². The zero-order valence-corrected chi connectivity index (χ0v) is 21.1. The first-order valence-corrected chi connectivity index (χ1v) is 13.8. The summed E-state index contributed by atoms with van der Waals surface area (Å²) in [5.41, 5.74) is 1.58. The first-order chi connectivity index (χ1) is 16.6. The van der Waals surface area contributed by atoms with Crippen LogP contribution in [0.25, 0.3) is 21.7 Å². The molecule has 0 atom stereocenters. The molecule has 0 aliphatic heterocycles. The van der Waals surface area contributed by atoms with E-state index in [1.807, 2.05) is 24.3 Å². The summed E-state index contributed by atoms with van der Waals surface area (Å²) < 4.78 is 20.8. The summed E-state index contributed by atoms with van der Waals surface area (Å²) in [5, 5.41) is 2.09. The van der Waals surface area contributed by atoms with E-state index in [1.165, 1.54) is 76.2 Å². The van der Waals surface area contributed by atoms with E-state index in [2.05, 4.69) is 19.9 Å². The minimum absolute atomic E-state index is 0.116. The van der Waals surface area contributed by atoms with Gasteiger partial charge in [-0.1, -0.05) is 89.5 Å². The molecular weight excluding hydrogens is 423 g/mol. The Balaban J connectivity index is 1.51. The topological polar surface area (TPSA) is 30.2 Å². The Hall–Kier alpha value is -2.16. The maximum Gasteiger partial charge on any atom is 0.344 e. The fraction of sp³-hybridized carbons (Fsp3) is 0.581. The van der Waals surface area contributed by atoms with Gasteiger partial charge in [-0.25, -0.2) is 9.18 Å². The van der Waals surface area contributed by atoms with Crippen molar-refractivity contribution in [1.29, 1.82) is 0 Å². The molecular formula is C31H41FO2. The minimum Gasteiger partial charge on any atom is -0.419 e. The smallest absolute Gasteiger partial charge is 0.344 e. The van der Waals surface area contributed by atoms with E-state index in [9.17, 15) is 4.79 Å². The lowest BCUT2D eigenvalue weighted by molar-refractivity contribution is 0.304. The Morgan fingerprint density at radius 3 is 2.29 bits per heavy atom. The van der Waals surface area contributed by atoms with Crippen LogP contribution in [-0.2, 0) is 6.42 Å². The average molecular weight is 465 g/mol. The summed E-state index contributed by atoms with van der Waals surface area (Å²) in [6, 6.07) is 10.0. The van der Waals surface area contributed by atoms with Crippen molar-refractivity contribution < 1.29 is 8.81 Å². The summed E-state index contributed by atoms with van der Waals surface area (Å²) in [5.74, 6) is 1.01. The number of fused-ring (bicyclic) bond motifs is 3. The number of hydrogen-bond acceptors (Lipinski definition) is 2. The van der Waals surface area contributed by atoms with Gasteiger partial charge in [-0.15, -0.1) is 0 Å². The van der Waals surface area contributed by atoms with Crippen LogP contribution < -0.4 is 5.63 Å². The first-order valence-electron chi connectivity index (χ1n) is 13.8. The molecule has 0 saturated heterocycles. The van der Waals surface area contributed by atoms with Crippen molar-refractivity contribution in [2.45, 2.75) is 110 Å². The van der Waals surface area contributed by atoms with Gasteiger partial charge in [0.1, 0.15) is 0 Å². The quantitative estimate of drug-likeness (QED) is 0.161. The highest BCUT2D eigenvalue weighted by molar-refractivity contribution is 6.04. The van der Waals surface area contributed by atoms with Crippen LogP contribution in [-0.4, -0.2) is 0 Å². The van der Waals surface area contributed by atoms with E-state index < -0.39 is 5.63 Å². The highest BCUT2D eigenvalue weighted by Crippen LogP contribution is 2.39. The fourth-order valence-corrected chi connectivity index (χ4v) is 5.84. The van der Waals surface area contributed by atoms with E-state index in [0.717, 1.165) is 24.1 Å². The predicted molar refractivity (Wildman–Crippen MR) is 141 cm³/mol. The summed E-state index contributed by atoms with van der Waals surface area (Å²) in [7, 11) is 0. The number of rotatable bonds is 11. The second-order valence-electron chi connectivity index (χ2n) is 10.5. The molecule has 1 heterocycles. The zero-order valence-electron chi connectivity index (χ0n) is 21.1. The van der Waals surface area contributed by atoms with Gasteiger partial charge < -0.3 is 4.42 Å². The molecule has 0 amide bonds. The van der Waals surface area contributed by atoms with E-state index in [4.69, 9.17) is 4.42 Å². The predicted octanol–water partition coefficient (Wildman–Crippen LogP) is 9.45. The second-order valence-corrected chi connectivity index (χ2v) is 10.5. The van der Waals surface area contributed by atoms with Gasteiger partial charge in [0.05, 0.1) is 5.39 Å². The van der Waals surface area contributed by atoms with Crippen molar-refractivity contribution in [2.75, 3.05) is 0 Å². The molecule has 2 aromatic carbocycles. The molecule has 0 unspecified atom stereocenters. The van der Waals surface area contributed by atoms with Crippen LogP contribution in [0.5, 0.6) is 0 Å². The number of unbranched alkanes of at least 4 members (excludes halogenated alkanes) is 6. The molecule has 2 nitrogen and oxygen atoms in total. The number of hydrogen-bond donors (Lipinski definition) is 0. The van der Waals surface area contributed by atoms with Crippen LogP contribution >= 0.6 is 0 Å². The SMILES string of the molecule is CCCCCCCCc1ccc2c(oc(=O)c3cc(C4CCC(CCCC)CC4)ccc32)c1F. The molecule has 1 saturated carbocycles. The first kappa shape index (κ1) is 24.9. The van der Waals surface area contributed by atoms with Gasteiger partial charge in [-0.2, -0.15) is 0 Å². The van der Waals surface area contributed by atoms with Crippen molar-refractivity contribution >= 4 is 21.7 Å². The Kier molecular flexibility index (Phi) is 8.80. The molecule has 0 radical (unpaired) electrons. The van der Waals surface area contributed by atoms with Crippen LogP contribution in [0.4, 0.5) is 4.39 Å². The number of benzene rings is 2. The normalized spacial score (nSPS) is 18.7. The number of halogens is 1. The lowest BCUT2D eigenvalue weighted by Crippen LogP contribution is -2.13. The Morgan fingerprint density at radius 2 is 1.53 bits per heavy atom. The van der Waals surface area contributed by atoms with Crippen molar-refractivity contribution in [3.8, 4) is 0 Å². The maximum atomic E-state index is 15.3. The molecule has 3 aromatic rings. The van der Waals surface area contributed by atoms with Gasteiger partial charge in [-0.3, -0.25) is 0 Å². The highest BCUT2D eigenvalue weighted by atomic mass is 19.1. The second kappa shape index (κ2) is 12.0. The molecule has 1 aromatic heterocycles. The Labute approximate surface area is 203 Å². The van der Waals surface area contributed by atoms with Gasteiger partial charge in [0.15, 0.2) is 11.4 Å². The van der Waals surface area contributed by atoms with Crippen molar-refractivity contribution in [3.05, 3.63) is 57.7 Å².